The summed E-state index contributed by atoms with van der Waals surface area (Å²) in [6, 6.07) is 56.6. The Morgan fingerprint density at radius 1 is 0.311 bits per heavy atom. The van der Waals surface area contributed by atoms with Gasteiger partial charge in [-0.25, -0.2) is 0 Å². The Morgan fingerprint density at radius 3 is 1.82 bits per heavy atom. The predicted molar refractivity (Wildman–Crippen MR) is 188 cm³/mol. The molecule has 0 amide bonds. The molecule has 0 bridgehead atoms. The lowest BCUT2D eigenvalue weighted by Gasteiger charge is -2.11. The van der Waals surface area contributed by atoms with Crippen molar-refractivity contribution in [1.29, 1.82) is 0 Å². The van der Waals surface area contributed by atoms with Gasteiger partial charge in [-0.15, -0.1) is 0 Å². The van der Waals surface area contributed by atoms with Gasteiger partial charge in [0.25, 0.3) is 0 Å². The van der Waals surface area contributed by atoms with Gasteiger partial charge in [-0.3, -0.25) is 0 Å². The Balaban J connectivity index is 1.31. The molecule has 0 spiro atoms. The molecule has 10 rings (SSSR count). The largest absolute Gasteiger partial charge is 0.456 e. The van der Waals surface area contributed by atoms with E-state index in [9.17, 15) is 0 Å². The van der Waals surface area contributed by atoms with Crippen LogP contribution < -0.4 is 0 Å². The Hall–Kier alpha value is -6.06. The number of fused-ring (bicyclic) bond motifs is 9. The second kappa shape index (κ2) is 9.22. The fourth-order valence-corrected chi connectivity index (χ4v) is 7.28. The summed E-state index contributed by atoms with van der Waals surface area (Å²) in [6.45, 7) is 0. The van der Waals surface area contributed by atoms with Gasteiger partial charge in [-0.1, -0.05) is 97.1 Å². The van der Waals surface area contributed by atoms with Gasteiger partial charge in [0.05, 0.1) is 22.1 Å². The summed E-state index contributed by atoms with van der Waals surface area (Å²) in [6.07, 6.45) is 0. The van der Waals surface area contributed by atoms with Gasteiger partial charge in [-0.2, -0.15) is 0 Å². The van der Waals surface area contributed by atoms with Crippen molar-refractivity contribution in [2.45, 2.75) is 0 Å². The van der Waals surface area contributed by atoms with Gasteiger partial charge < -0.3 is 13.6 Å². The fourth-order valence-electron chi connectivity index (χ4n) is 7.28. The topological polar surface area (TPSA) is 23.0 Å². The summed E-state index contributed by atoms with van der Waals surface area (Å²) in [5.41, 5.74) is 11.2. The van der Waals surface area contributed by atoms with Crippen LogP contribution in [0, 0.1) is 0 Å². The number of furan rings is 1. The standard InChI is InChI=1S/C42H26N2O/c1-3-11-27(12-4-1)28-19-21-32-35-25-36-33-16-8-10-18-41(33)45-42(36)26-40(35)44(39(32)23-28)30-20-22-38-34(24-30)31-15-7-9-17-37(31)43(38)29-13-5-2-6-14-29/h1-26H. The van der Waals surface area contributed by atoms with Crippen molar-refractivity contribution in [3.8, 4) is 22.5 Å². The van der Waals surface area contributed by atoms with Gasteiger partial charge in [-0.05, 0) is 65.7 Å². The average Bonchev–Trinajstić information content (AvgIpc) is 3.74. The molecule has 210 valence electrons. The van der Waals surface area contributed by atoms with Crippen molar-refractivity contribution in [2.75, 3.05) is 0 Å². The minimum absolute atomic E-state index is 0.901. The van der Waals surface area contributed by atoms with E-state index in [1.165, 1.54) is 49.2 Å². The number of hydrogen-bond donors (Lipinski definition) is 0. The number of hydrogen-bond acceptors (Lipinski definition) is 1. The first kappa shape index (κ1) is 24.4. The number of para-hydroxylation sites is 3. The number of aromatic nitrogens is 2. The van der Waals surface area contributed by atoms with Crippen LogP contribution in [0.15, 0.2) is 162 Å². The molecule has 3 heteroatoms. The van der Waals surface area contributed by atoms with E-state index in [0.717, 1.165) is 38.8 Å². The average molecular weight is 575 g/mol. The molecule has 7 aromatic carbocycles. The zero-order chi connectivity index (χ0) is 29.5. The first-order chi connectivity index (χ1) is 22.3. The van der Waals surface area contributed by atoms with E-state index in [4.69, 9.17) is 4.42 Å². The molecular weight excluding hydrogens is 548 g/mol. The van der Waals surface area contributed by atoms with Gasteiger partial charge in [0.2, 0.25) is 0 Å². The maximum atomic E-state index is 6.40. The molecule has 0 unspecified atom stereocenters. The number of nitrogens with zero attached hydrogens (tertiary/aromatic N) is 2. The van der Waals surface area contributed by atoms with Crippen molar-refractivity contribution in [3.05, 3.63) is 158 Å². The van der Waals surface area contributed by atoms with E-state index in [1.807, 2.05) is 6.07 Å². The lowest BCUT2D eigenvalue weighted by atomic mass is 10.0. The summed E-state index contributed by atoms with van der Waals surface area (Å²) >= 11 is 0. The minimum Gasteiger partial charge on any atom is -0.456 e. The molecule has 3 nitrogen and oxygen atoms in total. The Morgan fingerprint density at radius 2 is 0.956 bits per heavy atom. The van der Waals surface area contributed by atoms with Crippen LogP contribution in [0.2, 0.25) is 0 Å². The quantitative estimate of drug-likeness (QED) is 0.206. The van der Waals surface area contributed by atoms with Gasteiger partial charge in [0.15, 0.2) is 0 Å². The smallest absolute Gasteiger partial charge is 0.137 e. The molecule has 0 N–H and O–H groups in total. The van der Waals surface area contributed by atoms with Gasteiger partial charge in [0, 0.05) is 49.8 Å². The van der Waals surface area contributed by atoms with Crippen LogP contribution in [0.4, 0.5) is 0 Å². The highest BCUT2D eigenvalue weighted by Gasteiger charge is 2.19. The highest BCUT2D eigenvalue weighted by molar-refractivity contribution is 6.18. The molecular formula is C42H26N2O. The van der Waals surface area contributed by atoms with Crippen LogP contribution in [0.25, 0.3) is 88.1 Å². The second-order valence-corrected chi connectivity index (χ2v) is 11.8. The molecule has 0 saturated carbocycles. The van der Waals surface area contributed by atoms with Gasteiger partial charge in [0.1, 0.15) is 11.2 Å². The van der Waals surface area contributed by atoms with E-state index in [1.54, 1.807) is 0 Å². The lowest BCUT2D eigenvalue weighted by Crippen LogP contribution is -1.96. The molecule has 3 heterocycles. The second-order valence-electron chi connectivity index (χ2n) is 11.8. The summed E-state index contributed by atoms with van der Waals surface area (Å²) in [5.74, 6) is 0. The first-order valence-electron chi connectivity index (χ1n) is 15.4. The minimum atomic E-state index is 0.901. The van der Waals surface area contributed by atoms with Crippen LogP contribution in [0.5, 0.6) is 0 Å². The van der Waals surface area contributed by atoms with E-state index >= 15 is 0 Å². The third-order valence-electron chi connectivity index (χ3n) is 9.30. The summed E-state index contributed by atoms with van der Waals surface area (Å²) in [4.78, 5) is 0. The van der Waals surface area contributed by atoms with Crippen molar-refractivity contribution in [3.63, 3.8) is 0 Å². The molecule has 10 aromatic rings. The van der Waals surface area contributed by atoms with E-state index in [0.29, 0.717) is 0 Å². The fraction of sp³-hybridized carbons (Fsp3) is 0. The third kappa shape index (κ3) is 3.52. The normalized spacial score (nSPS) is 12.0. The van der Waals surface area contributed by atoms with Crippen LogP contribution in [-0.2, 0) is 0 Å². The SMILES string of the molecule is c1ccc(-c2ccc3c4cc5c(cc4n(-c4ccc6c(c4)c4ccccc4n6-c4ccccc4)c3c2)oc2ccccc25)cc1. The molecule has 0 fully saturated rings. The molecule has 0 aliphatic rings. The molecule has 0 atom stereocenters. The van der Waals surface area contributed by atoms with Crippen molar-refractivity contribution in [1.82, 2.24) is 9.13 Å². The van der Waals surface area contributed by atoms with Crippen LogP contribution in [-0.4, -0.2) is 9.13 Å². The van der Waals surface area contributed by atoms with Crippen LogP contribution in [0.3, 0.4) is 0 Å². The Bertz CT molecular complexity index is 2740. The summed E-state index contributed by atoms with van der Waals surface area (Å²) < 4.78 is 11.2. The van der Waals surface area contributed by atoms with Crippen LogP contribution >= 0.6 is 0 Å². The Labute approximate surface area is 258 Å². The zero-order valence-corrected chi connectivity index (χ0v) is 24.3. The highest BCUT2D eigenvalue weighted by atomic mass is 16.3. The van der Waals surface area contributed by atoms with Crippen molar-refractivity contribution < 1.29 is 4.42 Å². The Kier molecular flexibility index (Phi) is 5.00. The molecule has 0 radical (unpaired) electrons. The first-order valence-corrected chi connectivity index (χ1v) is 15.4. The maximum absolute atomic E-state index is 6.40. The molecule has 0 aliphatic carbocycles. The van der Waals surface area contributed by atoms with Gasteiger partial charge >= 0.3 is 0 Å². The molecule has 3 aromatic heterocycles. The predicted octanol–water partition coefficient (Wildman–Crippen LogP) is 11.4. The number of rotatable bonds is 3. The summed E-state index contributed by atoms with van der Waals surface area (Å²) in [7, 11) is 0. The van der Waals surface area contributed by atoms with E-state index in [2.05, 4.69) is 161 Å². The third-order valence-corrected chi connectivity index (χ3v) is 9.30. The lowest BCUT2D eigenvalue weighted by molar-refractivity contribution is 0.669. The highest BCUT2D eigenvalue weighted by Crippen LogP contribution is 2.41. The van der Waals surface area contributed by atoms with E-state index < -0.39 is 0 Å². The molecule has 0 saturated heterocycles. The zero-order valence-electron chi connectivity index (χ0n) is 24.3. The van der Waals surface area contributed by atoms with Crippen molar-refractivity contribution >= 4 is 65.6 Å². The van der Waals surface area contributed by atoms with Crippen LogP contribution in [0.1, 0.15) is 0 Å². The monoisotopic (exact) mass is 574 g/mol. The molecule has 45 heavy (non-hydrogen) atoms. The van der Waals surface area contributed by atoms with Crippen molar-refractivity contribution in [2.24, 2.45) is 0 Å². The number of benzene rings is 7. The summed E-state index contributed by atoms with van der Waals surface area (Å²) in [5, 5.41) is 7.20. The van der Waals surface area contributed by atoms with E-state index in [-0.39, 0.29) is 0 Å². The maximum Gasteiger partial charge on any atom is 0.137 e. The molecule has 0 aliphatic heterocycles.